The maximum Gasteiger partial charge on any atom is 0.337 e. The minimum atomic E-state index is -1.05. The van der Waals surface area contributed by atoms with Crippen molar-refractivity contribution in [2.45, 2.75) is 19.3 Å². The van der Waals surface area contributed by atoms with Gasteiger partial charge in [0.2, 0.25) is 5.91 Å². The molecule has 7 heteroatoms. The lowest BCUT2D eigenvalue weighted by atomic mass is 9.85. The Morgan fingerprint density at radius 2 is 1.52 bits per heavy atom. The molecule has 1 heterocycles. The molecule has 6 nitrogen and oxygen atoms in total. The molecule has 2 aliphatic rings. The molecule has 1 saturated carbocycles. The van der Waals surface area contributed by atoms with Crippen LogP contribution >= 0.6 is 0 Å². The fourth-order valence-corrected chi connectivity index (χ4v) is 3.79. The van der Waals surface area contributed by atoms with E-state index in [0.29, 0.717) is 5.69 Å². The van der Waals surface area contributed by atoms with Crippen LogP contribution in [-0.2, 0) is 4.79 Å². The highest BCUT2D eigenvalue weighted by Crippen LogP contribution is 2.30. The Hall–Kier alpha value is -3.09. The van der Waals surface area contributed by atoms with Crippen LogP contribution in [0.2, 0.25) is 0 Å². The van der Waals surface area contributed by atoms with E-state index in [2.05, 4.69) is 15.1 Å². The van der Waals surface area contributed by atoms with E-state index < -0.39 is 5.97 Å². The summed E-state index contributed by atoms with van der Waals surface area (Å²) in [6, 6.07) is 11.6. The number of hydrogen-bond acceptors (Lipinski definition) is 4. The summed E-state index contributed by atoms with van der Waals surface area (Å²) < 4.78 is 13.1. The number of rotatable bonds is 5. The van der Waals surface area contributed by atoms with E-state index in [1.54, 1.807) is 24.3 Å². The van der Waals surface area contributed by atoms with Crippen molar-refractivity contribution in [3.05, 3.63) is 53.8 Å². The van der Waals surface area contributed by atoms with Crippen LogP contribution in [0.15, 0.2) is 42.5 Å². The highest BCUT2D eigenvalue weighted by atomic mass is 19.1. The third-order valence-electron chi connectivity index (χ3n) is 5.80. The monoisotopic (exact) mass is 397 g/mol. The van der Waals surface area contributed by atoms with Crippen LogP contribution in [0, 0.1) is 11.7 Å². The van der Waals surface area contributed by atoms with E-state index in [1.165, 1.54) is 12.1 Å². The summed E-state index contributed by atoms with van der Waals surface area (Å²) in [6.45, 7) is 2.97. The van der Waals surface area contributed by atoms with Crippen molar-refractivity contribution < 1.29 is 19.1 Å². The van der Waals surface area contributed by atoms with Crippen LogP contribution in [0.4, 0.5) is 21.5 Å². The van der Waals surface area contributed by atoms with Crippen molar-refractivity contribution in [3.8, 4) is 0 Å². The molecule has 0 bridgehead atoms. The van der Waals surface area contributed by atoms with E-state index in [0.717, 1.165) is 56.8 Å². The molecule has 4 rings (SSSR count). The molecule has 0 atom stereocenters. The van der Waals surface area contributed by atoms with E-state index in [1.807, 2.05) is 6.07 Å². The number of anilines is 3. The summed E-state index contributed by atoms with van der Waals surface area (Å²) in [5.41, 5.74) is 2.26. The van der Waals surface area contributed by atoms with Gasteiger partial charge < -0.3 is 20.2 Å². The average Bonchev–Trinajstić information content (AvgIpc) is 2.67. The van der Waals surface area contributed by atoms with Crippen LogP contribution in [-0.4, -0.2) is 43.2 Å². The number of amides is 1. The summed E-state index contributed by atoms with van der Waals surface area (Å²) in [7, 11) is 0. The number of hydrogen-bond donors (Lipinski definition) is 2. The predicted molar refractivity (Wildman–Crippen MR) is 110 cm³/mol. The molecule has 29 heavy (non-hydrogen) atoms. The third kappa shape index (κ3) is 4.18. The topological polar surface area (TPSA) is 72.9 Å². The lowest BCUT2D eigenvalue weighted by molar-refractivity contribution is -0.122. The van der Waals surface area contributed by atoms with Crippen molar-refractivity contribution in [1.82, 2.24) is 0 Å². The third-order valence-corrected chi connectivity index (χ3v) is 5.80. The first kappa shape index (κ1) is 19.2. The zero-order valence-corrected chi connectivity index (χ0v) is 16.1. The first-order chi connectivity index (χ1) is 14.0. The fraction of sp³-hybridized carbons (Fsp3) is 0.364. The minimum Gasteiger partial charge on any atom is -0.478 e. The molecule has 0 spiro atoms. The van der Waals surface area contributed by atoms with Gasteiger partial charge in [-0.3, -0.25) is 4.79 Å². The Kier molecular flexibility index (Phi) is 5.38. The van der Waals surface area contributed by atoms with E-state index >= 15 is 0 Å². The van der Waals surface area contributed by atoms with Gasteiger partial charge in [-0.25, -0.2) is 9.18 Å². The molecule has 1 amide bonds. The number of benzene rings is 2. The number of aromatic carboxylic acids is 1. The van der Waals surface area contributed by atoms with Crippen molar-refractivity contribution >= 4 is 28.9 Å². The Bertz CT molecular complexity index is 904. The lowest BCUT2D eigenvalue weighted by Crippen LogP contribution is -2.46. The number of carbonyl (C=O) groups is 2. The van der Waals surface area contributed by atoms with Crippen molar-refractivity contribution in [2.75, 3.05) is 41.3 Å². The summed E-state index contributed by atoms with van der Waals surface area (Å²) in [4.78, 5) is 28.3. The summed E-state index contributed by atoms with van der Waals surface area (Å²) in [5.74, 6) is -1.41. The second-order valence-corrected chi connectivity index (χ2v) is 7.60. The van der Waals surface area contributed by atoms with E-state index in [4.69, 9.17) is 0 Å². The number of piperazine rings is 1. The van der Waals surface area contributed by atoms with Crippen LogP contribution in [0.25, 0.3) is 0 Å². The van der Waals surface area contributed by atoms with Crippen molar-refractivity contribution in [2.24, 2.45) is 5.92 Å². The molecule has 152 valence electrons. The maximum atomic E-state index is 13.1. The fourth-order valence-electron chi connectivity index (χ4n) is 3.79. The molecular weight excluding hydrogens is 373 g/mol. The highest BCUT2D eigenvalue weighted by molar-refractivity contribution is 6.02. The Morgan fingerprint density at radius 1 is 0.931 bits per heavy atom. The smallest absolute Gasteiger partial charge is 0.337 e. The first-order valence-corrected chi connectivity index (χ1v) is 9.95. The van der Waals surface area contributed by atoms with Gasteiger partial charge in [0.25, 0.3) is 0 Å². The molecule has 0 unspecified atom stereocenters. The molecule has 2 aromatic carbocycles. The number of nitrogens with zero attached hydrogens (tertiary/aromatic N) is 2. The highest BCUT2D eigenvalue weighted by Gasteiger charge is 2.27. The number of carboxylic acids is 1. The Morgan fingerprint density at radius 3 is 2.07 bits per heavy atom. The summed E-state index contributed by atoms with van der Waals surface area (Å²) in [5, 5.41) is 12.4. The maximum absolute atomic E-state index is 13.1. The van der Waals surface area contributed by atoms with Crippen LogP contribution < -0.4 is 15.1 Å². The van der Waals surface area contributed by atoms with Gasteiger partial charge in [-0.2, -0.15) is 0 Å². The standard InChI is InChI=1S/C22H24FN3O3/c23-16-4-6-17(7-5-16)25-10-12-26(13-11-25)18-8-9-20(19(14-18)22(28)29)24-21(27)15-2-1-3-15/h4-9,14-15H,1-3,10-13H2,(H,24,27)(H,28,29). The second kappa shape index (κ2) is 8.11. The van der Waals surface area contributed by atoms with Crippen LogP contribution in [0.3, 0.4) is 0 Å². The van der Waals surface area contributed by atoms with Gasteiger partial charge in [-0.15, -0.1) is 0 Å². The van der Waals surface area contributed by atoms with Crippen LogP contribution in [0.1, 0.15) is 29.6 Å². The molecule has 0 radical (unpaired) electrons. The average molecular weight is 397 g/mol. The van der Waals surface area contributed by atoms with Gasteiger partial charge in [0.1, 0.15) is 5.82 Å². The van der Waals surface area contributed by atoms with Gasteiger partial charge >= 0.3 is 5.97 Å². The molecule has 2 fully saturated rings. The number of carboxylic acid groups (broad SMARTS) is 1. The summed E-state index contributed by atoms with van der Waals surface area (Å²) in [6.07, 6.45) is 2.78. The number of nitrogens with one attached hydrogen (secondary N) is 1. The number of carbonyl (C=O) groups excluding carboxylic acids is 1. The first-order valence-electron chi connectivity index (χ1n) is 9.95. The molecular formula is C22H24FN3O3. The zero-order chi connectivity index (χ0) is 20.4. The predicted octanol–water partition coefficient (Wildman–Crippen LogP) is 3.59. The van der Waals surface area contributed by atoms with Gasteiger partial charge in [-0.05, 0) is 55.3 Å². The normalized spacial score (nSPS) is 17.0. The van der Waals surface area contributed by atoms with Crippen molar-refractivity contribution in [3.63, 3.8) is 0 Å². The van der Waals surface area contributed by atoms with E-state index in [-0.39, 0.29) is 23.2 Å². The van der Waals surface area contributed by atoms with E-state index in [9.17, 15) is 19.1 Å². The largest absolute Gasteiger partial charge is 0.478 e. The molecule has 1 aliphatic carbocycles. The van der Waals surface area contributed by atoms with Gasteiger partial charge in [0.15, 0.2) is 0 Å². The van der Waals surface area contributed by atoms with Gasteiger partial charge in [0, 0.05) is 43.5 Å². The Balaban J connectivity index is 1.44. The van der Waals surface area contributed by atoms with Crippen molar-refractivity contribution in [1.29, 1.82) is 0 Å². The SMILES string of the molecule is O=C(O)c1cc(N2CCN(c3ccc(F)cc3)CC2)ccc1NC(=O)C1CCC1. The quantitative estimate of drug-likeness (QED) is 0.807. The second-order valence-electron chi connectivity index (χ2n) is 7.60. The van der Waals surface area contributed by atoms with Gasteiger partial charge in [-0.1, -0.05) is 6.42 Å². The molecule has 1 saturated heterocycles. The molecule has 2 aromatic rings. The summed E-state index contributed by atoms with van der Waals surface area (Å²) >= 11 is 0. The zero-order valence-electron chi connectivity index (χ0n) is 16.1. The van der Waals surface area contributed by atoms with Crippen LogP contribution in [0.5, 0.6) is 0 Å². The lowest BCUT2D eigenvalue weighted by Gasteiger charge is -2.37. The molecule has 2 N–H and O–H groups in total. The minimum absolute atomic E-state index is 0.00383. The molecule has 1 aliphatic heterocycles. The van der Waals surface area contributed by atoms with Gasteiger partial charge in [0.05, 0.1) is 11.3 Å². The Labute approximate surface area is 168 Å². The number of halogens is 1. The molecule has 0 aromatic heterocycles.